The molecule has 1 aromatic carbocycles. The van der Waals surface area contributed by atoms with E-state index in [0.717, 1.165) is 31.4 Å². The van der Waals surface area contributed by atoms with Gasteiger partial charge in [0.15, 0.2) is 5.69 Å². The summed E-state index contributed by atoms with van der Waals surface area (Å²) in [6.07, 6.45) is 5.51. The van der Waals surface area contributed by atoms with Gasteiger partial charge in [0.1, 0.15) is 0 Å². The molecule has 26 heavy (non-hydrogen) atoms. The normalized spacial score (nSPS) is 17.1. The van der Waals surface area contributed by atoms with Gasteiger partial charge in [-0.2, -0.15) is 5.10 Å². The highest BCUT2D eigenvalue weighted by atomic mass is 16.2. The summed E-state index contributed by atoms with van der Waals surface area (Å²) in [7, 11) is 0. The van der Waals surface area contributed by atoms with E-state index < -0.39 is 0 Å². The zero-order valence-corrected chi connectivity index (χ0v) is 15.2. The largest absolute Gasteiger partial charge is 0.356 e. The lowest BCUT2D eigenvalue weighted by atomic mass is 9.97. The van der Waals surface area contributed by atoms with Crippen molar-refractivity contribution in [1.29, 1.82) is 0 Å². The van der Waals surface area contributed by atoms with Crippen LogP contribution in [0.25, 0.3) is 5.69 Å². The van der Waals surface area contributed by atoms with Gasteiger partial charge < -0.3 is 10.2 Å². The van der Waals surface area contributed by atoms with E-state index in [2.05, 4.69) is 17.3 Å². The number of nitrogens with zero attached hydrogens (tertiary/aromatic N) is 3. The first-order valence-corrected chi connectivity index (χ1v) is 9.37. The Morgan fingerprint density at radius 2 is 2.04 bits per heavy atom. The summed E-state index contributed by atoms with van der Waals surface area (Å²) < 4.78 is 1.70. The van der Waals surface area contributed by atoms with Gasteiger partial charge in [-0.3, -0.25) is 9.59 Å². The molecule has 0 spiro atoms. The zero-order chi connectivity index (χ0) is 18.4. The van der Waals surface area contributed by atoms with Crippen molar-refractivity contribution in [3.05, 3.63) is 48.3 Å². The lowest BCUT2D eigenvalue weighted by Crippen LogP contribution is -2.45. The molecular weight excluding hydrogens is 328 g/mol. The van der Waals surface area contributed by atoms with E-state index in [4.69, 9.17) is 0 Å². The summed E-state index contributed by atoms with van der Waals surface area (Å²) in [5.74, 6) is -0.169. The molecule has 1 unspecified atom stereocenters. The molecule has 2 amide bonds. The maximum Gasteiger partial charge on any atom is 0.274 e. The van der Waals surface area contributed by atoms with Crippen molar-refractivity contribution in [2.24, 2.45) is 5.92 Å². The van der Waals surface area contributed by atoms with Gasteiger partial charge in [0.2, 0.25) is 5.91 Å². The van der Waals surface area contributed by atoms with Gasteiger partial charge in [-0.1, -0.05) is 31.5 Å². The van der Waals surface area contributed by atoms with Crippen LogP contribution in [0.4, 0.5) is 0 Å². The van der Waals surface area contributed by atoms with E-state index in [9.17, 15) is 9.59 Å². The molecule has 1 aromatic heterocycles. The maximum absolute atomic E-state index is 12.8. The molecule has 1 aliphatic rings. The summed E-state index contributed by atoms with van der Waals surface area (Å²) in [6.45, 7) is 3.95. The van der Waals surface area contributed by atoms with Crippen LogP contribution in [0, 0.1) is 5.92 Å². The van der Waals surface area contributed by atoms with Crippen LogP contribution in [0.15, 0.2) is 42.6 Å². The Morgan fingerprint density at radius 3 is 2.81 bits per heavy atom. The fourth-order valence-electron chi connectivity index (χ4n) is 3.23. The van der Waals surface area contributed by atoms with Crippen LogP contribution in [-0.4, -0.2) is 46.1 Å². The number of hydrogen-bond donors (Lipinski definition) is 1. The molecule has 6 nitrogen and oxygen atoms in total. The summed E-state index contributed by atoms with van der Waals surface area (Å²) in [4.78, 5) is 26.8. The quantitative estimate of drug-likeness (QED) is 0.811. The number of rotatable bonds is 6. The molecule has 0 radical (unpaired) electrons. The third-order valence-corrected chi connectivity index (χ3v) is 4.74. The number of carbonyl (C=O) groups is 2. The van der Waals surface area contributed by atoms with Crippen LogP contribution in [-0.2, 0) is 4.79 Å². The minimum atomic E-state index is -0.124. The van der Waals surface area contributed by atoms with Crippen molar-refractivity contribution >= 4 is 11.8 Å². The topological polar surface area (TPSA) is 67.2 Å². The Kier molecular flexibility index (Phi) is 6.04. The van der Waals surface area contributed by atoms with Gasteiger partial charge in [0, 0.05) is 25.8 Å². The number of benzene rings is 1. The third-order valence-electron chi connectivity index (χ3n) is 4.74. The van der Waals surface area contributed by atoms with Crippen LogP contribution >= 0.6 is 0 Å². The van der Waals surface area contributed by atoms with E-state index in [-0.39, 0.29) is 17.7 Å². The first kappa shape index (κ1) is 18.2. The van der Waals surface area contributed by atoms with Gasteiger partial charge in [-0.15, -0.1) is 0 Å². The third kappa shape index (κ3) is 4.31. The fourth-order valence-corrected chi connectivity index (χ4v) is 3.23. The molecule has 2 aromatic rings. The Hall–Kier alpha value is -2.63. The fraction of sp³-hybridized carbons (Fsp3) is 0.450. The number of hydrogen-bond acceptors (Lipinski definition) is 3. The number of aromatic nitrogens is 2. The molecule has 0 bridgehead atoms. The summed E-state index contributed by atoms with van der Waals surface area (Å²) in [6, 6.07) is 11.4. The summed E-state index contributed by atoms with van der Waals surface area (Å²) >= 11 is 0. The van der Waals surface area contributed by atoms with E-state index in [1.165, 1.54) is 0 Å². The highest BCUT2D eigenvalue weighted by Crippen LogP contribution is 2.19. The Balaban J connectivity index is 1.62. The van der Waals surface area contributed by atoms with Crippen molar-refractivity contribution in [2.75, 3.05) is 19.6 Å². The molecule has 3 rings (SSSR count). The van der Waals surface area contributed by atoms with Gasteiger partial charge >= 0.3 is 0 Å². The SMILES string of the molecule is CCCCNC(=O)C1CCCN(C(=O)c2ccn(-c3ccccc3)n2)C1. The van der Waals surface area contributed by atoms with Crippen LogP contribution in [0.1, 0.15) is 43.1 Å². The van der Waals surface area contributed by atoms with Crippen LogP contribution in [0.3, 0.4) is 0 Å². The van der Waals surface area contributed by atoms with E-state index in [1.54, 1.807) is 21.8 Å². The van der Waals surface area contributed by atoms with Gasteiger partial charge in [-0.25, -0.2) is 4.68 Å². The number of para-hydroxylation sites is 1. The maximum atomic E-state index is 12.8. The molecule has 1 N–H and O–H groups in total. The van der Waals surface area contributed by atoms with Crippen molar-refractivity contribution in [1.82, 2.24) is 20.0 Å². The monoisotopic (exact) mass is 354 g/mol. The smallest absolute Gasteiger partial charge is 0.274 e. The van der Waals surface area contributed by atoms with Gasteiger partial charge in [-0.05, 0) is 37.5 Å². The molecule has 1 atom stereocenters. The minimum Gasteiger partial charge on any atom is -0.356 e. The van der Waals surface area contributed by atoms with Crippen molar-refractivity contribution in [2.45, 2.75) is 32.6 Å². The first-order chi connectivity index (χ1) is 12.7. The molecule has 2 heterocycles. The average Bonchev–Trinajstić information content (AvgIpc) is 3.18. The van der Waals surface area contributed by atoms with Crippen LogP contribution in [0.5, 0.6) is 0 Å². The predicted molar refractivity (Wildman–Crippen MR) is 100 cm³/mol. The highest BCUT2D eigenvalue weighted by molar-refractivity contribution is 5.93. The Bertz CT molecular complexity index is 741. The molecular formula is C20H26N4O2. The number of likely N-dealkylation sites (tertiary alicyclic amines) is 1. The molecule has 1 saturated heterocycles. The molecule has 1 aliphatic heterocycles. The van der Waals surface area contributed by atoms with E-state index in [1.807, 2.05) is 30.3 Å². The predicted octanol–water partition coefficient (Wildman–Crippen LogP) is 2.64. The molecule has 1 fully saturated rings. The Labute approximate surface area is 154 Å². The number of nitrogens with one attached hydrogen (secondary N) is 1. The number of unbranched alkanes of at least 4 members (excludes halogenated alkanes) is 1. The van der Waals surface area contributed by atoms with E-state index in [0.29, 0.717) is 25.3 Å². The van der Waals surface area contributed by atoms with Crippen molar-refractivity contribution in [3.63, 3.8) is 0 Å². The van der Waals surface area contributed by atoms with E-state index >= 15 is 0 Å². The summed E-state index contributed by atoms with van der Waals surface area (Å²) in [5.41, 5.74) is 1.33. The highest BCUT2D eigenvalue weighted by Gasteiger charge is 2.29. The molecule has 138 valence electrons. The number of piperidine rings is 1. The average molecular weight is 354 g/mol. The van der Waals surface area contributed by atoms with Crippen molar-refractivity contribution in [3.8, 4) is 5.69 Å². The molecule has 0 aliphatic carbocycles. The first-order valence-electron chi connectivity index (χ1n) is 9.37. The van der Waals surface area contributed by atoms with Gasteiger partial charge in [0.05, 0.1) is 11.6 Å². The lowest BCUT2D eigenvalue weighted by Gasteiger charge is -2.31. The van der Waals surface area contributed by atoms with Crippen molar-refractivity contribution < 1.29 is 9.59 Å². The second-order valence-electron chi connectivity index (χ2n) is 6.72. The second kappa shape index (κ2) is 8.65. The second-order valence-corrected chi connectivity index (χ2v) is 6.72. The van der Waals surface area contributed by atoms with Gasteiger partial charge in [0.25, 0.3) is 5.91 Å². The van der Waals surface area contributed by atoms with Crippen LogP contribution < -0.4 is 5.32 Å². The zero-order valence-electron chi connectivity index (χ0n) is 15.2. The standard InChI is InChI=1S/C20H26N4O2/c1-2-3-12-21-19(25)16-8-7-13-23(15-16)20(26)18-11-14-24(22-18)17-9-5-4-6-10-17/h4-6,9-11,14,16H,2-3,7-8,12-13,15H2,1H3,(H,21,25). The summed E-state index contributed by atoms with van der Waals surface area (Å²) in [5, 5.41) is 7.39. The van der Waals surface area contributed by atoms with Crippen LogP contribution in [0.2, 0.25) is 0 Å². The molecule has 0 saturated carbocycles. The molecule has 6 heteroatoms. The lowest BCUT2D eigenvalue weighted by molar-refractivity contribution is -0.126. The number of carbonyl (C=O) groups excluding carboxylic acids is 2. The number of amides is 2. The Morgan fingerprint density at radius 1 is 1.23 bits per heavy atom. The minimum absolute atomic E-state index is 0.0609.